The number of nitrogens with zero attached hydrogens (tertiary/aromatic N) is 1. The fourth-order valence-electron chi connectivity index (χ4n) is 2.02. The topological polar surface area (TPSA) is 72.0 Å². The van der Waals surface area contributed by atoms with E-state index in [0.29, 0.717) is 23.0 Å². The molecule has 0 fully saturated rings. The van der Waals surface area contributed by atoms with Crippen molar-refractivity contribution in [3.8, 4) is 11.5 Å². The Morgan fingerprint density at radius 3 is 2.65 bits per heavy atom. The molecular weight excluding hydrogens is 258 g/mol. The molecule has 1 aromatic rings. The second-order valence-electron chi connectivity index (χ2n) is 4.78. The van der Waals surface area contributed by atoms with Gasteiger partial charge in [-0.05, 0) is 32.0 Å². The molecule has 2 rings (SSSR count). The Morgan fingerprint density at radius 2 is 2.05 bits per heavy atom. The number of ether oxygens (including phenoxy) is 2. The molecule has 0 bridgehead atoms. The molecule has 0 aliphatic carbocycles. The van der Waals surface area contributed by atoms with Gasteiger partial charge in [-0.1, -0.05) is 0 Å². The minimum atomic E-state index is -0.624. The first kappa shape index (κ1) is 14.2. The lowest BCUT2D eigenvalue weighted by Crippen LogP contribution is -2.40. The minimum Gasteiger partial charge on any atom is -0.497 e. The largest absolute Gasteiger partial charge is 0.497 e. The lowest BCUT2D eigenvalue weighted by atomic mass is 10.1. The van der Waals surface area contributed by atoms with Crippen molar-refractivity contribution in [2.45, 2.75) is 25.9 Å². The molecule has 20 heavy (non-hydrogen) atoms. The van der Waals surface area contributed by atoms with E-state index in [-0.39, 0.29) is 11.9 Å². The predicted molar refractivity (Wildman–Crippen MR) is 76.1 cm³/mol. The molecule has 2 N–H and O–H groups in total. The first-order valence-corrected chi connectivity index (χ1v) is 6.42. The second-order valence-corrected chi connectivity index (χ2v) is 4.78. The molecule has 0 saturated carbocycles. The van der Waals surface area contributed by atoms with Gasteiger partial charge in [-0.25, -0.2) is 4.99 Å². The summed E-state index contributed by atoms with van der Waals surface area (Å²) in [6, 6.07) is 4.89. The fourth-order valence-corrected chi connectivity index (χ4v) is 2.02. The zero-order chi connectivity index (χ0) is 14.7. The SMILES string of the molecule is COc1ccc(OC)c(C2N=C(NC(C)C)NC2=O)c1. The molecule has 1 amide bonds. The maximum Gasteiger partial charge on any atom is 0.256 e. The normalized spacial score (nSPS) is 17.8. The number of nitrogens with one attached hydrogen (secondary N) is 2. The van der Waals surface area contributed by atoms with Gasteiger partial charge in [0.2, 0.25) is 0 Å². The summed E-state index contributed by atoms with van der Waals surface area (Å²) >= 11 is 0. The van der Waals surface area contributed by atoms with E-state index < -0.39 is 6.04 Å². The number of methoxy groups -OCH3 is 2. The molecule has 0 radical (unpaired) electrons. The van der Waals surface area contributed by atoms with Gasteiger partial charge in [-0.3, -0.25) is 10.1 Å². The molecule has 1 atom stereocenters. The number of rotatable bonds is 4. The van der Waals surface area contributed by atoms with Crippen molar-refractivity contribution >= 4 is 11.9 Å². The van der Waals surface area contributed by atoms with Crippen LogP contribution in [0.25, 0.3) is 0 Å². The number of hydrogen-bond acceptors (Lipinski definition) is 5. The molecule has 6 nitrogen and oxygen atoms in total. The Balaban J connectivity index is 2.34. The van der Waals surface area contributed by atoms with E-state index in [1.165, 1.54) is 0 Å². The van der Waals surface area contributed by atoms with Crippen LogP contribution in [0.2, 0.25) is 0 Å². The van der Waals surface area contributed by atoms with Crippen LogP contribution in [-0.4, -0.2) is 32.1 Å². The number of aliphatic imine (C=N–C) groups is 1. The summed E-state index contributed by atoms with van der Waals surface area (Å²) in [5.41, 5.74) is 0.685. The average molecular weight is 277 g/mol. The third-order valence-corrected chi connectivity index (χ3v) is 2.90. The Kier molecular flexibility index (Phi) is 4.12. The molecule has 0 saturated heterocycles. The van der Waals surface area contributed by atoms with Gasteiger partial charge in [0.15, 0.2) is 12.0 Å². The Morgan fingerprint density at radius 1 is 1.30 bits per heavy atom. The van der Waals surface area contributed by atoms with Crippen LogP contribution in [0.4, 0.5) is 0 Å². The summed E-state index contributed by atoms with van der Waals surface area (Å²) in [4.78, 5) is 16.4. The molecule has 6 heteroatoms. The highest BCUT2D eigenvalue weighted by Gasteiger charge is 2.30. The molecule has 0 spiro atoms. The molecule has 1 unspecified atom stereocenters. The highest BCUT2D eigenvalue weighted by molar-refractivity contribution is 6.05. The lowest BCUT2D eigenvalue weighted by molar-refractivity contribution is -0.120. The number of guanidine groups is 1. The van der Waals surface area contributed by atoms with Crippen molar-refractivity contribution in [3.05, 3.63) is 23.8 Å². The third kappa shape index (κ3) is 2.84. The molecule has 1 heterocycles. The van der Waals surface area contributed by atoms with Crippen molar-refractivity contribution in [3.63, 3.8) is 0 Å². The zero-order valence-electron chi connectivity index (χ0n) is 12.1. The first-order chi connectivity index (χ1) is 9.55. The van der Waals surface area contributed by atoms with Crippen molar-refractivity contribution in [2.75, 3.05) is 14.2 Å². The Hall–Kier alpha value is -2.24. The zero-order valence-corrected chi connectivity index (χ0v) is 12.1. The highest BCUT2D eigenvalue weighted by Crippen LogP contribution is 2.33. The summed E-state index contributed by atoms with van der Waals surface area (Å²) in [5, 5.41) is 5.81. The van der Waals surface area contributed by atoms with Crippen LogP contribution in [0, 0.1) is 0 Å². The average Bonchev–Trinajstić information content (AvgIpc) is 2.77. The maximum absolute atomic E-state index is 12.1. The van der Waals surface area contributed by atoms with Gasteiger partial charge < -0.3 is 14.8 Å². The standard InChI is InChI=1S/C14H19N3O3/c1-8(2)15-14-16-12(13(18)17-14)10-7-9(19-3)5-6-11(10)20-4/h5-8,12H,1-4H3,(H2,15,16,17,18). The van der Waals surface area contributed by atoms with E-state index in [9.17, 15) is 4.79 Å². The maximum atomic E-state index is 12.1. The summed E-state index contributed by atoms with van der Waals surface area (Å²) in [5.74, 6) is 1.58. The number of amides is 1. The fraction of sp³-hybridized carbons (Fsp3) is 0.429. The van der Waals surface area contributed by atoms with Crippen LogP contribution in [0.5, 0.6) is 11.5 Å². The van der Waals surface area contributed by atoms with Gasteiger partial charge in [-0.2, -0.15) is 0 Å². The monoisotopic (exact) mass is 277 g/mol. The van der Waals surface area contributed by atoms with Gasteiger partial charge in [0.1, 0.15) is 11.5 Å². The quantitative estimate of drug-likeness (QED) is 0.868. The summed E-state index contributed by atoms with van der Waals surface area (Å²) < 4.78 is 10.5. The van der Waals surface area contributed by atoms with Crippen molar-refractivity contribution < 1.29 is 14.3 Å². The molecule has 1 aliphatic heterocycles. The van der Waals surface area contributed by atoms with Crippen LogP contribution in [0.3, 0.4) is 0 Å². The second kappa shape index (κ2) is 5.81. The van der Waals surface area contributed by atoms with E-state index in [1.807, 2.05) is 13.8 Å². The number of benzene rings is 1. The van der Waals surface area contributed by atoms with E-state index in [4.69, 9.17) is 9.47 Å². The molecule has 1 aliphatic rings. The molecule has 1 aromatic carbocycles. The van der Waals surface area contributed by atoms with Gasteiger partial charge in [0, 0.05) is 11.6 Å². The number of carbonyl (C=O) groups is 1. The molecular formula is C14H19N3O3. The van der Waals surface area contributed by atoms with Crippen LogP contribution < -0.4 is 20.1 Å². The first-order valence-electron chi connectivity index (χ1n) is 6.42. The van der Waals surface area contributed by atoms with E-state index >= 15 is 0 Å². The smallest absolute Gasteiger partial charge is 0.256 e. The van der Waals surface area contributed by atoms with E-state index in [0.717, 1.165) is 0 Å². The summed E-state index contributed by atoms with van der Waals surface area (Å²) in [6.45, 7) is 3.96. The van der Waals surface area contributed by atoms with Crippen molar-refractivity contribution in [1.82, 2.24) is 10.6 Å². The Bertz CT molecular complexity index is 540. The molecule has 0 aromatic heterocycles. The van der Waals surface area contributed by atoms with E-state index in [1.54, 1.807) is 32.4 Å². The number of carbonyl (C=O) groups excluding carboxylic acids is 1. The third-order valence-electron chi connectivity index (χ3n) is 2.90. The van der Waals surface area contributed by atoms with Gasteiger partial charge >= 0.3 is 0 Å². The molecule has 108 valence electrons. The lowest BCUT2D eigenvalue weighted by Gasteiger charge is -2.12. The Labute approximate surface area is 118 Å². The number of hydrogen-bond donors (Lipinski definition) is 2. The predicted octanol–water partition coefficient (Wildman–Crippen LogP) is 1.23. The van der Waals surface area contributed by atoms with Crippen molar-refractivity contribution in [2.24, 2.45) is 4.99 Å². The van der Waals surface area contributed by atoms with Gasteiger partial charge in [0.25, 0.3) is 5.91 Å². The van der Waals surface area contributed by atoms with E-state index in [2.05, 4.69) is 15.6 Å². The van der Waals surface area contributed by atoms with Crippen LogP contribution in [0.1, 0.15) is 25.5 Å². The van der Waals surface area contributed by atoms with Crippen molar-refractivity contribution in [1.29, 1.82) is 0 Å². The summed E-state index contributed by atoms with van der Waals surface area (Å²) in [7, 11) is 3.14. The van der Waals surface area contributed by atoms with Crippen LogP contribution >= 0.6 is 0 Å². The van der Waals surface area contributed by atoms with Gasteiger partial charge in [0.05, 0.1) is 14.2 Å². The van der Waals surface area contributed by atoms with Crippen LogP contribution in [0.15, 0.2) is 23.2 Å². The highest BCUT2D eigenvalue weighted by atomic mass is 16.5. The van der Waals surface area contributed by atoms with Crippen LogP contribution in [-0.2, 0) is 4.79 Å². The van der Waals surface area contributed by atoms with Gasteiger partial charge in [-0.15, -0.1) is 0 Å². The summed E-state index contributed by atoms with van der Waals surface area (Å²) in [6.07, 6.45) is 0. The minimum absolute atomic E-state index is 0.181.